The van der Waals surface area contributed by atoms with Gasteiger partial charge in [-0.1, -0.05) is 12.1 Å². The molecule has 1 N–H and O–H groups in total. The number of imide groups is 1. The van der Waals surface area contributed by atoms with Crippen molar-refractivity contribution in [1.29, 1.82) is 0 Å². The van der Waals surface area contributed by atoms with E-state index in [1.165, 1.54) is 24.3 Å². The minimum Gasteiger partial charge on any atom is -0.326 e. The van der Waals surface area contributed by atoms with Gasteiger partial charge < -0.3 is 5.32 Å². The summed E-state index contributed by atoms with van der Waals surface area (Å²) in [5.41, 5.74) is 1.94. The fraction of sp³-hybridized carbons (Fsp3) is 0.167. The van der Waals surface area contributed by atoms with Crippen LogP contribution in [0.2, 0.25) is 0 Å². The van der Waals surface area contributed by atoms with Crippen LogP contribution in [0.1, 0.15) is 12.0 Å². The highest BCUT2D eigenvalue weighted by molar-refractivity contribution is 8.15. The molecule has 5 nitrogen and oxygen atoms in total. The lowest BCUT2D eigenvalue weighted by atomic mass is 10.2. The van der Waals surface area contributed by atoms with Gasteiger partial charge in [0.05, 0.1) is 5.69 Å². The molecule has 0 unspecified atom stereocenters. The van der Waals surface area contributed by atoms with Crippen molar-refractivity contribution in [3.05, 3.63) is 59.9 Å². The van der Waals surface area contributed by atoms with Crippen molar-refractivity contribution in [2.24, 2.45) is 0 Å². The highest BCUT2D eigenvalue weighted by atomic mass is 32.2. The molecule has 1 aliphatic heterocycles. The van der Waals surface area contributed by atoms with Gasteiger partial charge in [-0.3, -0.25) is 14.4 Å². The molecule has 1 fully saturated rings. The summed E-state index contributed by atoms with van der Waals surface area (Å²) in [4.78, 5) is 37.7. The Hall–Kier alpha value is -2.67. The topological polar surface area (TPSA) is 66.5 Å². The van der Waals surface area contributed by atoms with E-state index in [4.69, 9.17) is 0 Å². The number of nitrogens with zero attached hydrogens (tertiary/aromatic N) is 1. The van der Waals surface area contributed by atoms with E-state index in [-0.39, 0.29) is 12.3 Å². The highest BCUT2D eigenvalue weighted by Gasteiger charge is 2.41. The van der Waals surface area contributed by atoms with Crippen molar-refractivity contribution in [3.63, 3.8) is 0 Å². The van der Waals surface area contributed by atoms with Gasteiger partial charge in [-0.2, -0.15) is 0 Å². The molecular formula is C18H15FN2O3S. The van der Waals surface area contributed by atoms with E-state index in [0.717, 1.165) is 22.2 Å². The number of halogens is 1. The fourth-order valence-corrected chi connectivity index (χ4v) is 3.50. The first-order chi connectivity index (χ1) is 11.9. The van der Waals surface area contributed by atoms with Gasteiger partial charge in [0.25, 0.3) is 5.24 Å². The maximum Gasteiger partial charge on any atom is 0.293 e. The van der Waals surface area contributed by atoms with Gasteiger partial charge in [0.15, 0.2) is 0 Å². The Balaban J connectivity index is 1.67. The van der Waals surface area contributed by atoms with Crippen molar-refractivity contribution >= 4 is 40.2 Å². The quantitative estimate of drug-likeness (QED) is 0.904. The molecule has 1 aliphatic rings. The Morgan fingerprint density at radius 1 is 1.20 bits per heavy atom. The summed E-state index contributed by atoms with van der Waals surface area (Å²) in [5.74, 6) is -1.27. The SMILES string of the molecule is Cc1cccc(NC(=O)C[C@@H]2SC(=O)N(c3ccc(F)cc3)C2=O)c1. The van der Waals surface area contributed by atoms with E-state index in [1.807, 2.05) is 25.1 Å². The van der Waals surface area contributed by atoms with Crippen LogP contribution in [0, 0.1) is 12.7 Å². The van der Waals surface area contributed by atoms with E-state index in [9.17, 15) is 18.8 Å². The minimum atomic E-state index is -0.789. The van der Waals surface area contributed by atoms with Crippen LogP contribution in [0.4, 0.5) is 20.6 Å². The van der Waals surface area contributed by atoms with Gasteiger partial charge in [0.2, 0.25) is 11.8 Å². The second-order valence-corrected chi connectivity index (χ2v) is 6.80. The van der Waals surface area contributed by atoms with Gasteiger partial charge in [-0.15, -0.1) is 0 Å². The highest BCUT2D eigenvalue weighted by Crippen LogP contribution is 2.33. The molecule has 0 saturated carbocycles. The lowest BCUT2D eigenvalue weighted by Gasteiger charge is -2.13. The molecular weight excluding hydrogens is 343 g/mol. The molecule has 0 aliphatic carbocycles. The number of thioether (sulfide) groups is 1. The normalized spacial score (nSPS) is 17.0. The Bertz CT molecular complexity index is 838. The zero-order valence-corrected chi connectivity index (χ0v) is 14.2. The molecule has 0 aromatic heterocycles. The van der Waals surface area contributed by atoms with Gasteiger partial charge >= 0.3 is 0 Å². The van der Waals surface area contributed by atoms with Crippen LogP contribution in [0.15, 0.2) is 48.5 Å². The average molecular weight is 358 g/mol. The smallest absolute Gasteiger partial charge is 0.293 e. The molecule has 7 heteroatoms. The molecule has 2 aromatic rings. The average Bonchev–Trinajstić information content (AvgIpc) is 2.82. The molecule has 3 amide bonds. The lowest BCUT2D eigenvalue weighted by Crippen LogP contribution is -2.32. The van der Waals surface area contributed by atoms with Crippen LogP contribution in [0.3, 0.4) is 0 Å². The Morgan fingerprint density at radius 2 is 1.92 bits per heavy atom. The van der Waals surface area contributed by atoms with Crippen LogP contribution in [-0.2, 0) is 9.59 Å². The van der Waals surface area contributed by atoms with Gasteiger partial charge in [0.1, 0.15) is 11.1 Å². The Morgan fingerprint density at radius 3 is 2.60 bits per heavy atom. The van der Waals surface area contributed by atoms with Crippen molar-refractivity contribution in [2.45, 2.75) is 18.6 Å². The number of hydrogen-bond acceptors (Lipinski definition) is 4. The first kappa shape index (κ1) is 17.2. The van der Waals surface area contributed by atoms with Crippen LogP contribution < -0.4 is 10.2 Å². The second-order valence-electron chi connectivity index (χ2n) is 5.64. The monoisotopic (exact) mass is 358 g/mol. The predicted octanol–water partition coefficient (Wildman–Crippen LogP) is 3.73. The summed E-state index contributed by atoms with van der Waals surface area (Å²) < 4.78 is 13.0. The van der Waals surface area contributed by atoms with Gasteiger partial charge in [-0.25, -0.2) is 9.29 Å². The minimum absolute atomic E-state index is 0.110. The number of nitrogens with one attached hydrogen (secondary N) is 1. The van der Waals surface area contributed by atoms with E-state index in [0.29, 0.717) is 11.4 Å². The second kappa shape index (κ2) is 7.06. The van der Waals surface area contributed by atoms with Crippen molar-refractivity contribution < 1.29 is 18.8 Å². The Labute approximate surface area is 148 Å². The maximum absolute atomic E-state index is 13.0. The number of aryl methyl sites for hydroxylation is 1. The van der Waals surface area contributed by atoms with Gasteiger partial charge in [0, 0.05) is 12.1 Å². The predicted molar refractivity (Wildman–Crippen MR) is 95.1 cm³/mol. The maximum atomic E-state index is 13.0. The van der Waals surface area contributed by atoms with E-state index < -0.39 is 22.2 Å². The van der Waals surface area contributed by atoms with Crippen molar-refractivity contribution in [3.8, 4) is 0 Å². The summed E-state index contributed by atoms with van der Waals surface area (Å²) in [6, 6.07) is 12.4. The molecule has 1 atom stereocenters. The summed E-state index contributed by atoms with van der Waals surface area (Å²) >= 11 is 0.806. The third-order valence-electron chi connectivity index (χ3n) is 3.68. The molecule has 0 spiro atoms. The number of benzene rings is 2. The largest absolute Gasteiger partial charge is 0.326 e. The molecule has 128 valence electrons. The summed E-state index contributed by atoms with van der Waals surface area (Å²) in [6.45, 7) is 1.91. The number of carbonyl (C=O) groups is 3. The number of carbonyl (C=O) groups excluding carboxylic acids is 3. The van der Waals surface area contributed by atoms with E-state index in [1.54, 1.807) is 6.07 Å². The van der Waals surface area contributed by atoms with Crippen LogP contribution in [0.5, 0.6) is 0 Å². The molecule has 3 rings (SSSR count). The number of rotatable bonds is 4. The summed E-state index contributed by atoms with van der Waals surface area (Å²) in [6.07, 6.45) is -0.110. The number of amides is 3. The third kappa shape index (κ3) is 3.88. The fourth-order valence-electron chi connectivity index (χ4n) is 2.51. The zero-order chi connectivity index (χ0) is 18.0. The molecule has 1 heterocycles. The van der Waals surface area contributed by atoms with Gasteiger partial charge in [-0.05, 0) is 60.6 Å². The zero-order valence-electron chi connectivity index (χ0n) is 13.4. The third-order valence-corrected chi connectivity index (χ3v) is 4.72. The summed E-state index contributed by atoms with van der Waals surface area (Å²) in [5, 5.41) is 1.47. The first-order valence-corrected chi connectivity index (χ1v) is 8.48. The van der Waals surface area contributed by atoms with Crippen LogP contribution in [0.25, 0.3) is 0 Å². The van der Waals surface area contributed by atoms with Crippen LogP contribution >= 0.6 is 11.8 Å². The number of anilines is 2. The first-order valence-electron chi connectivity index (χ1n) is 7.61. The lowest BCUT2D eigenvalue weighted by molar-refractivity contribution is -0.121. The summed E-state index contributed by atoms with van der Waals surface area (Å²) in [7, 11) is 0. The molecule has 25 heavy (non-hydrogen) atoms. The molecule has 0 radical (unpaired) electrons. The molecule has 1 saturated heterocycles. The van der Waals surface area contributed by atoms with E-state index >= 15 is 0 Å². The van der Waals surface area contributed by atoms with E-state index in [2.05, 4.69) is 5.32 Å². The standard InChI is InChI=1S/C18H15FN2O3S/c1-11-3-2-4-13(9-11)20-16(22)10-15-17(23)21(18(24)25-15)14-7-5-12(19)6-8-14/h2-9,15H,10H2,1H3,(H,20,22)/t15-/m0/s1. The van der Waals surface area contributed by atoms with Crippen molar-refractivity contribution in [2.75, 3.05) is 10.2 Å². The molecule has 0 bridgehead atoms. The van der Waals surface area contributed by atoms with Crippen molar-refractivity contribution in [1.82, 2.24) is 0 Å². The molecule has 2 aromatic carbocycles. The Kier molecular flexibility index (Phi) is 4.85. The number of hydrogen-bond donors (Lipinski definition) is 1. The van der Waals surface area contributed by atoms with Crippen LogP contribution in [-0.4, -0.2) is 22.3 Å².